The minimum Gasteiger partial charge on any atom is -0.508 e. The van der Waals surface area contributed by atoms with Crippen molar-refractivity contribution in [1.82, 2.24) is 47.5 Å². The maximum atomic E-state index is 14.5. The average Bonchev–Trinajstić information content (AvgIpc) is 3.57. The molecule has 0 aliphatic heterocycles. The van der Waals surface area contributed by atoms with Crippen molar-refractivity contribution in [3.63, 3.8) is 0 Å². The number of guanidine groups is 1. The monoisotopic (exact) mass is 1250 g/mol. The Morgan fingerprint density at radius 3 is 1.82 bits per heavy atom. The third-order valence-corrected chi connectivity index (χ3v) is 13.5. The molecule has 88 heavy (non-hydrogen) atoms. The van der Waals surface area contributed by atoms with Crippen molar-refractivity contribution in [2.45, 2.75) is 132 Å². The van der Waals surface area contributed by atoms with Crippen LogP contribution in [0.5, 0.6) is 5.75 Å². The number of hydrogen-bond acceptors (Lipinski definition) is 19. The van der Waals surface area contributed by atoms with Crippen molar-refractivity contribution < 1.29 is 85.2 Å². The molecular formula is C55H74N14O18S. The number of phenols is 1. The summed E-state index contributed by atoms with van der Waals surface area (Å²) in [4.78, 5) is 156. The standard InChI is InChI=1S/C55H74N14O18S/c1-3-4-15-38(64-50(79)40(24-32-27-61-37-16-9-8-13-34(32)37)63-43(72)28-62-54(83)46(29(2)70)68-48(77)36(57)22-31-17-19-33(71)20-18-31)49(78)67-42(26-45(75)87-88(84,85)86)51(80)66-39(23-30-11-6-5-7-12-30)52(81)69-53(82)41(25-44(73)74)65-47(76)35(56)14-10-21-60-55(58)59/h5-9,11-13,16-20,27,29,35-36,38-42,46,61,70-71H,3-4,10,14-15,21-26,28,56-57H2,1-2H3,(H,62,83)(H,63,72)(H,64,79)(H,65,76)(H,66,80)(H,67,78)(H,68,77)(H,73,74)(H4,58,59,60)(H,69,81,82)(H,84,85,86)/t29-,35+,36+,38+,39+,40+,41+,42+,46+/m1/s1. The maximum Gasteiger partial charge on any atom is 0.448 e. The van der Waals surface area contributed by atoms with Gasteiger partial charge in [-0.1, -0.05) is 80.4 Å². The van der Waals surface area contributed by atoms with Crippen LogP contribution in [0.25, 0.3) is 10.9 Å². The summed E-state index contributed by atoms with van der Waals surface area (Å²) in [5.41, 5.74) is 24.7. The number of nitrogens with two attached hydrogens (primary N) is 4. The summed E-state index contributed by atoms with van der Waals surface area (Å²) in [5.74, 6) is -13.8. The SMILES string of the molecule is CCCC[C@H](NC(=O)[C@H](Cc1c[nH]c2ccccc12)NC(=O)CNC(=O)[C@@H](NC(=O)[C@@H](N)Cc1ccc(O)cc1)[C@@H](C)O)C(=O)N[C@@H](CC(=O)OS(=O)(=O)O)C(=O)N[C@@H](Cc1ccccc1)C(=O)NC(=O)[C@H](CC(=O)O)NC(=O)[C@@H](N)CCCN=C(N)N. The highest BCUT2D eigenvalue weighted by atomic mass is 32.3. The van der Waals surface area contributed by atoms with Crippen molar-refractivity contribution in [3.05, 3.63) is 102 Å². The molecule has 1 heterocycles. The van der Waals surface area contributed by atoms with Crippen molar-refractivity contribution in [1.29, 1.82) is 0 Å². The number of H-pyrrole nitrogens is 1. The number of aliphatic hydroxyl groups excluding tert-OH is 1. The molecule has 0 radical (unpaired) electrons. The van der Waals surface area contributed by atoms with Crippen LogP contribution < -0.4 is 65.5 Å². The lowest BCUT2D eigenvalue weighted by Crippen LogP contribution is -2.60. The molecule has 0 aliphatic rings. The molecule has 3 aromatic carbocycles. The number of aromatic amines is 1. The van der Waals surface area contributed by atoms with Gasteiger partial charge in [0.2, 0.25) is 53.2 Å². The van der Waals surface area contributed by atoms with Gasteiger partial charge < -0.3 is 84.6 Å². The molecule has 33 heteroatoms. The van der Waals surface area contributed by atoms with E-state index in [1.165, 1.54) is 43.3 Å². The number of amides is 9. The molecule has 478 valence electrons. The number of fused-ring (bicyclic) bond motifs is 1. The Morgan fingerprint density at radius 1 is 0.625 bits per heavy atom. The molecule has 1 aromatic heterocycles. The molecular weight excluding hydrogens is 1180 g/mol. The Hall–Kier alpha value is -9.57. The van der Waals surface area contributed by atoms with Gasteiger partial charge in [-0.15, -0.1) is 0 Å². The zero-order valence-corrected chi connectivity index (χ0v) is 48.8. The average molecular weight is 1250 g/mol. The van der Waals surface area contributed by atoms with Gasteiger partial charge in [0.1, 0.15) is 42.0 Å². The highest BCUT2D eigenvalue weighted by Crippen LogP contribution is 2.20. The molecule has 9 atom stereocenters. The lowest BCUT2D eigenvalue weighted by atomic mass is 10.0. The molecule has 0 bridgehead atoms. The number of phenolic OH excluding ortho intramolecular Hbond substituents is 1. The number of aromatic nitrogens is 1. The number of nitrogens with zero attached hydrogens (tertiary/aromatic N) is 1. The van der Waals surface area contributed by atoms with Gasteiger partial charge in [0.05, 0.1) is 37.6 Å². The quantitative estimate of drug-likeness (QED) is 0.00905. The van der Waals surface area contributed by atoms with E-state index >= 15 is 0 Å². The highest BCUT2D eigenvalue weighted by molar-refractivity contribution is 7.81. The maximum absolute atomic E-state index is 14.5. The fraction of sp³-hybridized carbons (Fsp3) is 0.418. The molecule has 9 amide bonds. The Labute approximate surface area is 504 Å². The Bertz CT molecular complexity index is 3250. The van der Waals surface area contributed by atoms with E-state index in [0.29, 0.717) is 34.0 Å². The number of aromatic hydroxyl groups is 1. The molecule has 0 fully saturated rings. The minimum absolute atomic E-state index is 0.0136. The zero-order chi connectivity index (χ0) is 65.3. The second-order valence-electron chi connectivity index (χ2n) is 20.3. The first-order valence-corrected chi connectivity index (χ1v) is 28.9. The molecule has 0 saturated carbocycles. The summed E-state index contributed by atoms with van der Waals surface area (Å²) in [7, 11) is -5.53. The number of aliphatic carboxylic acids is 1. The van der Waals surface area contributed by atoms with Crippen LogP contribution in [0.15, 0.2) is 90.1 Å². The Morgan fingerprint density at radius 2 is 1.18 bits per heavy atom. The fourth-order valence-electron chi connectivity index (χ4n) is 8.59. The topological polar surface area (TPSA) is 541 Å². The number of rotatable bonds is 35. The normalized spacial score (nSPS) is 14.2. The zero-order valence-electron chi connectivity index (χ0n) is 47.9. The number of carbonyl (C=O) groups is 11. The number of benzene rings is 3. The number of carboxylic acid groups (broad SMARTS) is 1. The van der Waals surface area contributed by atoms with Crippen molar-refractivity contribution in [2.24, 2.45) is 27.9 Å². The number of unbranched alkanes of at least 4 members (excludes halogenated alkanes) is 1. The van der Waals surface area contributed by atoms with Crippen LogP contribution in [0.4, 0.5) is 0 Å². The van der Waals surface area contributed by atoms with Gasteiger partial charge in [-0.2, -0.15) is 8.42 Å². The van der Waals surface area contributed by atoms with E-state index in [4.69, 9.17) is 22.9 Å². The smallest absolute Gasteiger partial charge is 0.448 e. The third kappa shape index (κ3) is 24.4. The van der Waals surface area contributed by atoms with Gasteiger partial charge in [-0.3, -0.25) is 67.6 Å². The number of aliphatic hydroxyl groups is 1. The predicted molar refractivity (Wildman–Crippen MR) is 313 cm³/mol. The van der Waals surface area contributed by atoms with E-state index in [2.05, 4.69) is 51.4 Å². The van der Waals surface area contributed by atoms with Crippen LogP contribution >= 0.6 is 0 Å². The van der Waals surface area contributed by atoms with Crippen molar-refractivity contribution in [3.8, 4) is 5.75 Å². The van der Waals surface area contributed by atoms with Gasteiger partial charge in [-0.25, -0.2) is 0 Å². The van der Waals surface area contributed by atoms with Crippen LogP contribution in [0, 0.1) is 0 Å². The van der Waals surface area contributed by atoms with E-state index < -0.39 is 156 Å². The van der Waals surface area contributed by atoms with Gasteiger partial charge in [0.15, 0.2) is 5.96 Å². The fourth-order valence-corrected chi connectivity index (χ4v) is 8.89. The first kappa shape index (κ1) is 70.9. The number of carboxylic acids is 1. The summed E-state index contributed by atoms with van der Waals surface area (Å²) < 4.78 is 36.7. The van der Waals surface area contributed by atoms with Crippen LogP contribution in [-0.2, 0) is 86.6 Å². The van der Waals surface area contributed by atoms with Gasteiger partial charge in [0.25, 0.3) is 0 Å². The van der Waals surface area contributed by atoms with E-state index in [1.54, 1.807) is 55.6 Å². The van der Waals surface area contributed by atoms with E-state index in [-0.39, 0.29) is 56.8 Å². The van der Waals surface area contributed by atoms with Crippen LogP contribution in [-0.4, -0.2) is 172 Å². The number of carbonyl (C=O) groups excluding carboxylic acids is 10. The number of aliphatic imine (C=N–C) groups is 1. The summed E-state index contributed by atoms with van der Waals surface area (Å²) in [6.45, 7) is 2.17. The number of para-hydroxylation sites is 1. The van der Waals surface area contributed by atoms with Crippen LogP contribution in [0.3, 0.4) is 0 Å². The predicted octanol–water partition coefficient (Wildman–Crippen LogP) is -3.94. The lowest BCUT2D eigenvalue weighted by molar-refractivity contribution is -0.143. The summed E-state index contributed by atoms with van der Waals surface area (Å²) >= 11 is 0. The molecule has 21 N–H and O–H groups in total. The van der Waals surface area contributed by atoms with Crippen molar-refractivity contribution >= 4 is 92.4 Å². The minimum atomic E-state index is -5.53. The Kier molecular flexibility index (Phi) is 27.8. The molecule has 0 aliphatic carbocycles. The molecule has 0 saturated heterocycles. The van der Waals surface area contributed by atoms with Crippen LogP contribution in [0.2, 0.25) is 0 Å². The highest BCUT2D eigenvalue weighted by Gasteiger charge is 2.36. The first-order valence-electron chi connectivity index (χ1n) is 27.5. The van der Waals surface area contributed by atoms with Crippen LogP contribution in [0.1, 0.15) is 75.5 Å². The van der Waals surface area contributed by atoms with E-state index in [0.717, 1.165) is 0 Å². The summed E-state index contributed by atoms with van der Waals surface area (Å²) in [5, 5.41) is 48.6. The molecule has 4 aromatic rings. The second kappa shape index (κ2) is 34.5. The van der Waals surface area contributed by atoms with Gasteiger partial charge >= 0.3 is 22.3 Å². The van der Waals surface area contributed by atoms with Gasteiger partial charge in [-0.05, 0) is 67.5 Å². The largest absolute Gasteiger partial charge is 0.508 e. The first-order chi connectivity index (χ1) is 41.5. The summed E-state index contributed by atoms with van der Waals surface area (Å²) in [6, 6.07) is 7.11. The lowest BCUT2D eigenvalue weighted by Gasteiger charge is -2.27. The molecule has 32 nitrogen and oxygen atoms in total. The Balaban J connectivity index is 1.60. The number of nitrogens with one attached hydrogen (secondary N) is 9. The van der Waals surface area contributed by atoms with Crippen molar-refractivity contribution in [2.75, 3.05) is 13.1 Å². The number of imide groups is 1. The molecule has 0 spiro atoms. The van der Waals surface area contributed by atoms with E-state index in [1.807, 2.05) is 5.32 Å². The van der Waals surface area contributed by atoms with Gasteiger partial charge in [0, 0.05) is 36.5 Å². The summed E-state index contributed by atoms with van der Waals surface area (Å²) in [6.07, 6.45) is -2.53. The number of hydrogen-bond donors (Lipinski definition) is 17. The molecule has 4 rings (SSSR count). The van der Waals surface area contributed by atoms with E-state index in [9.17, 15) is 81.0 Å². The molecule has 0 unspecified atom stereocenters. The third-order valence-electron chi connectivity index (χ3n) is 13.1. The second-order valence-corrected chi connectivity index (χ2v) is 21.3.